The molecule has 8 heteroatoms. The molecule has 4 rings (SSSR count). The summed E-state index contributed by atoms with van der Waals surface area (Å²) in [5.41, 5.74) is 1.77. The second kappa shape index (κ2) is 7.16. The lowest BCUT2D eigenvalue weighted by atomic mass is 10.2. The number of nitrogens with zero attached hydrogens (tertiary/aromatic N) is 2. The third-order valence-electron chi connectivity index (χ3n) is 4.03. The van der Waals surface area contributed by atoms with Crippen molar-refractivity contribution in [2.45, 2.75) is 19.3 Å². The van der Waals surface area contributed by atoms with E-state index in [0.29, 0.717) is 21.7 Å². The molecule has 0 spiro atoms. The smallest absolute Gasteiger partial charge is 0.264 e. The maximum atomic E-state index is 12.8. The normalized spacial score (nSPS) is 19.6. The topological polar surface area (TPSA) is 44.7 Å². The lowest BCUT2D eigenvalue weighted by Crippen LogP contribution is -2.30. The van der Waals surface area contributed by atoms with Crippen molar-refractivity contribution in [3.8, 4) is 0 Å². The number of amidine groups is 1. The molecule has 0 unspecified atom stereocenters. The van der Waals surface area contributed by atoms with Crippen molar-refractivity contribution in [1.29, 1.82) is 0 Å². The van der Waals surface area contributed by atoms with Gasteiger partial charge in [0, 0.05) is 40.4 Å². The fourth-order valence-corrected chi connectivity index (χ4v) is 4.59. The average Bonchev–Trinajstić information content (AvgIpc) is 3.25. The van der Waals surface area contributed by atoms with Crippen LogP contribution in [0.5, 0.6) is 0 Å². The Bertz CT molecular complexity index is 726. The minimum absolute atomic E-state index is 0. The van der Waals surface area contributed by atoms with E-state index < -0.39 is 0 Å². The first-order valence-electron chi connectivity index (χ1n) is 7.63. The molecule has 4 nitrogen and oxygen atoms in total. The first-order chi connectivity index (χ1) is 11.1. The van der Waals surface area contributed by atoms with E-state index in [0.717, 1.165) is 48.1 Å². The Morgan fingerprint density at radius 2 is 1.96 bits per heavy atom. The average molecular weight is 405 g/mol. The van der Waals surface area contributed by atoms with Gasteiger partial charge >= 0.3 is 0 Å². The van der Waals surface area contributed by atoms with Gasteiger partial charge in [-0.1, -0.05) is 23.2 Å². The highest BCUT2D eigenvalue weighted by Gasteiger charge is 2.42. The lowest BCUT2D eigenvalue weighted by Gasteiger charge is -2.25. The third-order valence-corrected chi connectivity index (χ3v) is 5.59. The molecular weight excluding hydrogens is 389 g/mol. The number of anilines is 1. The Balaban J connectivity index is 0.00000169. The predicted octanol–water partition coefficient (Wildman–Crippen LogP) is 4.78. The number of rotatable bonds is 3. The van der Waals surface area contributed by atoms with Crippen LogP contribution in [0.2, 0.25) is 10.0 Å². The second-order valence-electron chi connectivity index (χ2n) is 5.87. The maximum Gasteiger partial charge on any atom is 0.264 e. The van der Waals surface area contributed by atoms with E-state index in [1.165, 1.54) is 11.8 Å². The van der Waals surface area contributed by atoms with E-state index in [4.69, 9.17) is 23.2 Å². The van der Waals surface area contributed by atoms with Gasteiger partial charge in [0.1, 0.15) is 4.91 Å². The highest BCUT2D eigenvalue weighted by Crippen LogP contribution is 2.48. The van der Waals surface area contributed by atoms with Gasteiger partial charge in [-0.05, 0) is 49.2 Å². The Hall–Kier alpha value is -0.880. The van der Waals surface area contributed by atoms with Gasteiger partial charge in [-0.15, -0.1) is 12.4 Å². The number of benzene rings is 1. The van der Waals surface area contributed by atoms with Gasteiger partial charge in [0.2, 0.25) is 0 Å². The summed E-state index contributed by atoms with van der Waals surface area (Å²) in [5, 5.41) is 4.89. The number of fused-ring (bicyclic) bond motifs is 1. The largest absolute Gasteiger partial charge is 0.323 e. The maximum absolute atomic E-state index is 12.8. The molecule has 1 N–H and O–H groups in total. The summed E-state index contributed by atoms with van der Waals surface area (Å²) in [6.07, 6.45) is 3.35. The van der Waals surface area contributed by atoms with Crippen LogP contribution in [0.25, 0.3) is 0 Å². The standard InChI is InChI=1S/C16H15Cl2N3OS.ClH/c17-10-6-11(18)8-12(7-10)20-15(22)14-13(9-2-3-9)21-5-1-4-19-16(21)23-14;/h6-9H,1-5H2,(H,20,22);1H. The summed E-state index contributed by atoms with van der Waals surface area (Å²) >= 11 is 13.5. The molecule has 128 valence electrons. The summed E-state index contributed by atoms with van der Waals surface area (Å²) in [6, 6.07) is 5.05. The van der Waals surface area contributed by atoms with Gasteiger partial charge in [-0.25, -0.2) is 0 Å². The van der Waals surface area contributed by atoms with Gasteiger partial charge in [0.25, 0.3) is 5.91 Å². The summed E-state index contributed by atoms with van der Waals surface area (Å²) in [4.78, 5) is 20.3. The summed E-state index contributed by atoms with van der Waals surface area (Å²) in [5.74, 6) is 0.393. The van der Waals surface area contributed by atoms with Crippen LogP contribution >= 0.6 is 47.4 Å². The molecule has 1 saturated carbocycles. The molecule has 3 aliphatic rings. The van der Waals surface area contributed by atoms with Crippen LogP contribution in [-0.4, -0.2) is 29.1 Å². The molecule has 1 aliphatic carbocycles. The number of thioether (sulfide) groups is 1. The number of allylic oxidation sites excluding steroid dienone is 1. The van der Waals surface area contributed by atoms with Crippen LogP contribution < -0.4 is 5.32 Å². The fourth-order valence-electron chi connectivity index (χ4n) is 2.90. The van der Waals surface area contributed by atoms with Crippen molar-refractivity contribution in [2.75, 3.05) is 18.4 Å². The minimum atomic E-state index is -0.104. The van der Waals surface area contributed by atoms with Gasteiger partial charge in [-0.2, -0.15) is 0 Å². The van der Waals surface area contributed by atoms with Crippen molar-refractivity contribution in [1.82, 2.24) is 4.90 Å². The molecule has 24 heavy (non-hydrogen) atoms. The zero-order valence-corrected chi connectivity index (χ0v) is 15.9. The fraction of sp³-hybridized carbons (Fsp3) is 0.375. The quantitative estimate of drug-likeness (QED) is 0.788. The summed E-state index contributed by atoms with van der Waals surface area (Å²) in [6.45, 7) is 1.80. The number of carbonyl (C=O) groups excluding carboxylic acids is 1. The Kier molecular flexibility index (Phi) is 5.35. The first-order valence-corrected chi connectivity index (χ1v) is 9.20. The predicted molar refractivity (Wildman–Crippen MR) is 103 cm³/mol. The zero-order valence-electron chi connectivity index (χ0n) is 12.7. The lowest BCUT2D eigenvalue weighted by molar-refractivity contribution is -0.112. The van der Waals surface area contributed by atoms with E-state index in [1.807, 2.05) is 0 Å². The second-order valence-corrected chi connectivity index (χ2v) is 7.72. The molecule has 0 aromatic heterocycles. The highest BCUT2D eigenvalue weighted by molar-refractivity contribution is 8.18. The molecule has 0 saturated heterocycles. The molecule has 1 fully saturated rings. The number of halogens is 3. The van der Waals surface area contributed by atoms with Crippen molar-refractivity contribution >= 4 is 64.1 Å². The SMILES string of the molecule is Cl.O=C(Nc1cc(Cl)cc(Cl)c1)C1=C(C2CC2)N2CCCN=C2S1. The van der Waals surface area contributed by atoms with Crippen LogP contribution in [0.1, 0.15) is 19.3 Å². The van der Waals surface area contributed by atoms with E-state index in [1.54, 1.807) is 18.2 Å². The Morgan fingerprint density at radius 1 is 1.25 bits per heavy atom. The number of nitrogens with one attached hydrogen (secondary N) is 1. The Morgan fingerprint density at radius 3 is 2.62 bits per heavy atom. The molecule has 1 aromatic rings. The van der Waals surface area contributed by atoms with Crippen LogP contribution in [-0.2, 0) is 4.79 Å². The molecule has 0 bridgehead atoms. The number of amides is 1. The molecule has 0 atom stereocenters. The molecule has 2 aliphatic heterocycles. The van der Waals surface area contributed by atoms with Crippen LogP contribution in [0, 0.1) is 5.92 Å². The van der Waals surface area contributed by atoms with E-state index in [9.17, 15) is 4.79 Å². The first kappa shape index (κ1) is 17.9. The van der Waals surface area contributed by atoms with E-state index in [2.05, 4.69) is 15.2 Å². The van der Waals surface area contributed by atoms with Crippen molar-refractivity contribution in [2.24, 2.45) is 10.9 Å². The monoisotopic (exact) mass is 403 g/mol. The number of carbonyl (C=O) groups is 1. The summed E-state index contributed by atoms with van der Waals surface area (Å²) < 4.78 is 0. The minimum Gasteiger partial charge on any atom is -0.323 e. The van der Waals surface area contributed by atoms with Gasteiger partial charge in [-0.3, -0.25) is 9.79 Å². The molecule has 1 aromatic carbocycles. The van der Waals surface area contributed by atoms with E-state index >= 15 is 0 Å². The van der Waals surface area contributed by atoms with Crippen molar-refractivity contribution < 1.29 is 4.79 Å². The number of aliphatic imine (C=N–C) groups is 1. The van der Waals surface area contributed by atoms with E-state index in [-0.39, 0.29) is 18.3 Å². The third kappa shape index (κ3) is 3.54. The van der Waals surface area contributed by atoms with Crippen molar-refractivity contribution in [3.63, 3.8) is 0 Å². The highest BCUT2D eigenvalue weighted by atomic mass is 35.5. The Labute approximate surface area is 161 Å². The van der Waals surface area contributed by atoms with Crippen LogP contribution in [0.4, 0.5) is 5.69 Å². The van der Waals surface area contributed by atoms with Crippen molar-refractivity contribution in [3.05, 3.63) is 38.8 Å². The van der Waals surface area contributed by atoms with Gasteiger partial charge in [0.05, 0.1) is 0 Å². The molecule has 0 radical (unpaired) electrons. The zero-order chi connectivity index (χ0) is 16.0. The van der Waals surface area contributed by atoms with Crippen LogP contribution in [0.15, 0.2) is 33.8 Å². The molecule has 2 heterocycles. The molecule has 1 amide bonds. The number of hydrogen-bond donors (Lipinski definition) is 1. The number of hydrogen-bond acceptors (Lipinski definition) is 4. The van der Waals surface area contributed by atoms with Gasteiger partial charge in [0.15, 0.2) is 5.17 Å². The molecular formula is C16H16Cl3N3OS. The van der Waals surface area contributed by atoms with Gasteiger partial charge < -0.3 is 10.2 Å². The summed E-state index contributed by atoms with van der Waals surface area (Å²) in [7, 11) is 0. The van der Waals surface area contributed by atoms with Crippen LogP contribution in [0.3, 0.4) is 0 Å².